The van der Waals surface area contributed by atoms with Crippen LogP contribution in [0.4, 0.5) is 15.0 Å². The molecule has 1 aliphatic heterocycles. The van der Waals surface area contributed by atoms with Crippen LogP contribution in [-0.2, 0) is 4.74 Å². The first-order valence-electron chi connectivity index (χ1n) is 9.46. The number of anilines is 1. The van der Waals surface area contributed by atoms with E-state index in [1.807, 2.05) is 25.7 Å². The second-order valence-corrected chi connectivity index (χ2v) is 7.79. The van der Waals surface area contributed by atoms with Crippen LogP contribution in [0.25, 0.3) is 0 Å². The first-order chi connectivity index (χ1) is 13.2. The number of carbonyl (C=O) groups is 1. The van der Waals surface area contributed by atoms with Gasteiger partial charge in [-0.2, -0.15) is 0 Å². The first-order valence-corrected chi connectivity index (χ1v) is 9.46. The van der Waals surface area contributed by atoms with Crippen LogP contribution >= 0.6 is 0 Å². The molecule has 0 radical (unpaired) electrons. The Kier molecular flexibility index (Phi) is 7.42. The molecule has 1 aromatic heterocycles. The molecule has 0 aliphatic carbocycles. The van der Waals surface area contributed by atoms with E-state index in [9.17, 15) is 9.18 Å². The molecule has 0 spiro atoms. The number of rotatable bonds is 5. The van der Waals surface area contributed by atoms with Crippen molar-refractivity contribution in [3.05, 3.63) is 24.1 Å². The van der Waals surface area contributed by atoms with Gasteiger partial charge >= 0.3 is 6.09 Å². The highest BCUT2D eigenvalue weighted by Gasteiger charge is 2.26. The van der Waals surface area contributed by atoms with Crippen LogP contribution in [-0.4, -0.2) is 73.9 Å². The lowest BCUT2D eigenvalue weighted by molar-refractivity contribution is 0.0302. The molecule has 1 saturated heterocycles. The highest BCUT2D eigenvalue weighted by atomic mass is 19.1. The molecule has 9 heteroatoms. The van der Waals surface area contributed by atoms with Gasteiger partial charge in [-0.25, -0.2) is 14.2 Å². The van der Waals surface area contributed by atoms with Crippen molar-refractivity contribution < 1.29 is 13.9 Å². The maximum absolute atomic E-state index is 13.9. The van der Waals surface area contributed by atoms with E-state index in [2.05, 4.69) is 20.6 Å². The molecular formula is C19H31FN6O2. The minimum absolute atomic E-state index is 0.135. The molecule has 0 aromatic carbocycles. The van der Waals surface area contributed by atoms with Crippen molar-refractivity contribution in [1.29, 1.82) is 0 Å². The van der Waals surface area contributed by atoms with Crippen molar-refractivity contribution in [2.75, 3.05) is 45.2 Å². The highest BCUT2D eigenvalue weighted by molar-refractivity contribution is 5.80. The summed E-state index contributed by atoms with van der Waals surface area (Å²) in [6, 6.07) is 3.14. The predicted molar refractivity (Wildman–Crippen MR) is 108 cm³/mol. The topological polar surface area (TPSA) is 82.1 Å². The Bertz CT molecular complexity index is 691. The fraction of sp³-hybridized carbons (Fsp3) is 0.632. The van der Waals surface area contributed by atoms with Crippen LogP contribution in [0.2, 0.25) is 0 Å². The van der Waals surface area contributed by atoms with Crippen molar-refractivity contribution in [3.63, 3.8) is 0 Å². The largest absolute Gasteiger partial charge is 0.444 e. The molecule has 1 atom stereocenters. The minimum atomic E-state index is -0.516. The molecule has 0 bridgehead atoms. The summed E-state index contributed by atoms with van der Waals surface area (Å²) >= 11 is 0. The monoisotopic (exact) mass is 394 g/mol. The van der Waals surface area contributed by atoms with Gasteiger partial charge < -0.3 is 25.2 Å². The molecule has 1 unspecified atom stereocenters. The first kappa shape index (κ1) is 21.7. The molecule has 2 heterocycles. The molecule has 1 aromatic rings. The Hall–Kier alpha value is -2.58. The second-order valence-electron chi connectivity index (χ2n) is 7.79. The van der Waals surface area contributed by atoms with Crippen LogP contribution in [0.1, 0.15) is 27.2 Å². The SMILES string of the molecule is CN=C(NCCN(C)C(=O)OC(C)(C)C)NC1CCN(c2ncccc2F)C1. The zero-order chi connectivity index (χ0) is 20.7. The van der Waals surface area contributed by atoms with Crippen molar-refractivity contribution >= 4 is 17.9 Å². The standard InChI is InChI=1S/C19H31FN6O2/c1-19(2,3)28-18(27)25(5)12-10-23-17(21-4)24-14-8-11-26(13-14)16-15(20)7-6-9-22-16/h6-7,9,14H,8,10-13H2,1-5H3,(H2,21,23,24). The Labute approximate surface area is 166 Å². The molecule has 1 aliphatic rings. The van der Waals surface area contributed by atoms with E-state index in [0.29, 0.717) is 31.4 Å². The summed E-state index contributed by atoms with van der Waals surface area (Å²) in [5.74, 6) is 0.718. The normalized spacial score (nSPS) is 17.4. The highest BCUT2D eigenvalue weighted by Crippen LogP contribution is 2.20. The van der Waals surface area contributed by atoms with Gasteiger partial charge in [0.05, 0.1) is 0 Å². The third-order valence-corrected chi connectivity index (χ3v) is 4.24. The van der Waals surface area contributed by atoms with E-state index in [-0.39, 0.29) is 18.0 Å². The summed E-state index contributed by atoms with van der Waals surface area (Å²) < 4.78 is 19.2. The molecule has 8 nitrogen and oxygen atoms in total. The van der Waals surface area contributed by atoms with Crippen molar-refractivity contribution in [3.8, 4) is 0 Å². The predicted octanol–water partition coefficient (Wildman–Crippen LogP) is 1.83. The number of nitrogens with one attached hydrogen (secondary N) is 2. The molecular weight excluding hydrogens is 363 g/mol. The lowest BCUT2D eigenvalue weighted by atomic mass is 10.2. The van der Waals surface area contributed by atoms with Crippen molar-refractivity contribution in [1.82, 2.24) is 20.5 Å². The zero-order valence-corrected chi connectivity index (χ0v) is 17.3. The van der Waals surface area contributed by atoms with E-state index in [0.717, 1.165) is 13.0 Å². The summed E-state index contributed by atoms with van der Waals surface area (Å²) in [6.07, 6.45) is 2.09. The molecule has 1 fully saturated rings. The number of hydrogen-bond donors (Lipinski definition) is 2. The van der Waals surface area contributed by atoms with Crippen LogP contribution in [0.5, 0.6) is 0 Å². The van der Waals surface area contributed by atoms with Gasteiger partial charge in [0.2, 0.25) is 0 Å². The van der Waals surface area contributed by atoms with Crippen LogP contribution < -0.4 is 15.5 Å². The van der Waals surface area contributed by atoms with Gasteiger partial charge in [-0.05, 0) is 39.3 Å². The van der Waals surface area contributed by atoms with Gasteiger partial charge in [0.1, 0.15) is 5.60 Å². The lowest BCUT2D eigenvalue weighted by Crippen LogP contribution is -2.47. The third-order valence-electron chi connectivity index (χ3n) is 4.24. The quantitative estimate of drug-likeness (QED) is 0.586. The fourth-order valence-electron chi connectivity index (χ4n) is 2.84. The Morgan fingerprint density at radius 3 is 2.89 bits per heavy atom. The summed E-state index contributed by atoms with van der Waals surface area (Å²) in [6.45, 7) is 7.89. The summed E-state index contributed by atoms with van der Waals surface area (Å²) in [5, 5.41) is 6.53. The smallest absolute Gasteiger partial charge is 0.410 e. The third kappa shape index (κ3) is 6.54. The number of aliphatic imine (C=N–C) groups is 1. The Balaban J connectivity index is 1.76. The molecule has 1 amide bonds. The van der Waals surface area contributed by atoms with Crippen LogP contribution in [0.3, 0.4) is 0 Å². The number of nitrogens with zero attached hydrogens (tertiary/aromatic N) is 4. The van der Waals surface area contributed by atoms with E-state index in [4.69, 9.17) is 4.74 Å². The average molecular weight is 394 g/mol. The molecule has 2 rings (SSSR count). The van der Waals surface area contributed by atoms with Crippen molar-refractivity contribution in [2.45, 2.75) is 38.8 Å². The summed E-state index contributed by atoms with van der Waals surface area (Å²) in [7, 11) is 3.39. The van der Waals surface area contributed by atoms with E-state index < -0.39 is 5.60 Å². The number of likely N-dealkylation sites (N-methyl/N-ethyl adjacent to an activating group) is 1. The lowest BCUT2D eigenvalue weighted by Gasteiger charge is -2.25. The second kappa shape index (κ2) is 9.57. The Morgan fingerprint density at radius 2 is 2.25 bits per heavy atom. The number of hydrogen-bond acceptors (Lipinski definition) is 5. The zero-order valence-electron chi connectivity index (χ0n) is 17.3. The van der Waals surface area contributed by atoms with Crippen LogP contribution in [0.15, 0.2) is 23.3 Å². The number of aromatic nitrogens is 1. The van der Waals surface area contributed by atoms with Crippen molar-refractivity contribution in [2.24, 2.45) is 4.99 Å². The molecule has 0 saturated carbocycles. The van der Waals surface area contributed by atoms with Gasteiger partial charge in [0.25, 0.3) is 0 Å². The average Bonchev–Trinajstić information content (AvgIpc) is 3.07. The summed E-state index contributed by atoms with van der Waals surface area (Å²) in [5.41, 5.74) is -0.516. The maximum atomic E-state index is 13.9. The number of ether oxygens (including phenoxy) is 1. The molecule has 156 valence electrons. The van der Waals surface area contributed by atoms with Gasteiger partial charge in [-0.15, -0.1) is 0 Å². The fourth-order valence-corrected chi connectivity index (χ4v) is 2.84. The van der Waals surface area contributed by atoms with Gasteiger partial charge in [0, 0.05) is 52.5 Å². The van der Waals surface area contributed by atoms with Gasteiger partial charge in [0.15, 0.2) is 17.6 Å². The Morgan fingerprint density at radius 1 is 1.50 bits per heavy atom. The van der Waals surface area contributed by atoms with E-state index in [1.54, 1.807) is 26.4 Å². The van der Waals surface area contributed by atoms with Crippen LogP contribution in [0, 0.1) is 5.82 Å². The van der Waals surface area contributed by atoms with Gasteiger partial charge in [-0.3, -0.25) is 4.99 Å². The number of pyridine rings is 1. The maximum Gasteiger partial charge on any atom is 0.410 e. The van der Waals surface area contributed by atoms with E-state index >= 15 is 0 Å². The number of guanidine groups is 1. The number of carbonyl (C=O) groups excluding carboxylic acids is 1. The number of amides is 1. The molecule has 2 N–H and O–H groups in total. The number of halogens is 1. The van der Waals surface area contributed by atoms with E-state index in [1.165, 1.54) is 11.0 Å². The summed E-state index contributed by atoms with van der Waals surface area (Å²) in [4.78, 5) is 23.8. The molecule has 28 heavy (non-hydrogen) atoms. The van der Waals surface area contributed by atoms with Gasteiger partial charge in [-0.1, -0.05) is 0 Å². The minimum Gasteiger partial charge on any atom is -0.444 e.